The van der Waals surface area contributed by atoms with Crippen molar-refractivity contribution in [2.45, 2.75) is 19.8 Å². The van der Waals surface area contributed by atoms with Gasteiger partial charge in [-0.25, -0.2) is 0 Å². The molecular weight excluding hydrogens is 250 g/mol. The molecule has 0 bridgehead atoms. The number of halogens is 1. The van der Waals surface area contributed by atoms with Crippen molar-refractivity contribution in [1.82, 2.24) is 4.90 Å². The molecule has 1 heterocycles. The van der Waals surface area contributed by atoms with Gasteiger partial charge in [0.25, 0.3) is 0 Å². The zero-order valence-corrected chi connectivity index (χ0v) is 11.5. The van der Waals surface area contributed by atoms with Gasteiger partial charge in [-0.05, 0) is 49.6 Å². The van der Waals surface area contributed by atoms with Gasteiger partial charge >= 0.3 is 0 Å². The van der Waals surface area contributed by atoms with Crippen molar-refractivity contribution in [3.63, 3.8) is 0 Å². The number of phenolic OH excluding ortho intramolecular Hbond substituents is 1. The third kappa shape index (κ3) is 3.61. The number of hydrogen-bond acceptors (Lipinski definition) is 3. The molecule has 3 nitrogen and oxygen atoms in total. The van der Waals surface area contributed by atoms with Crippen molar-refractivity contribution in [3.8, 4) is 5.75 Å². The lowest BCUT2D eigenvalue weighted by Gasteiger charge is -2.26. The SMILES string of the molecule is Cc1cc(O)c(CCCN2CCOCC2)cc1Cl. The summed E-state index contributed by atoms with van der Waals surface area (Å²) in [6.07, 6.45) is 1.90. The van der Waals surface area contributed by atoms with Crippen molar-refractivity contribution in [2.75, 3.05) is 32.8 Å². The molecule has 0 aromatic heterocycles. The highest BCUT2D eigenvalue weighted by molar-refractivity contribution is 6.31. The molecule has 1 saturated heterocycles. The van der Waals surface area contributed by atoms with Crippen molar-refractivity contribution in [2.24, 2.45) is 0 Å². The number of rotatable bonds is 4. The summed E-state index contributed by atoms with van der Waals surface area (Å²) in [4.78, 5) is 2.40. The summed E-state index contributed by atoms with van der Waals surface area (Å²) in [6.45, 7) is 6.65. The van der Waals surface area contributed by atoms with Gasteiger partial charge in [-0.3, -0.25) is 4.90 Å². The molecule has 1 aliphatic heterocycles. The van der Waals surface area contributed by atoms with E-state index < -0.39 is 0 Å². The highest BCUT2D eigenvalue weighted by Crippen LogP contribution is 2.26. The predicted octanol–water partition coefficient (Wildman–Crippen LogP) is 2.62. The fourth-order valence-electron chi connectivity index (χ4n) is 2.23. The minimum Gasteiger partial charge on any atom is -0.508 e. The second-order valence-electron chi connectivity index (χ2n) is 4.79. The molecule has 4 heteroatoms. The normalized spacial score (nSPS) is 17.0. The van der Waals surface area contributed by atoms with E-state index in [-0.39, 0.29) is 0 Å². The molecule has 1 fully saturated rings. The number of nitrogens with zero attached hydrogens (tertiary/aromatic N) is 1. The van der Waals surface area contributed by atoms with E-state index in [4.69, 9.17) is 16.3 Å². The van der Waals surface area contributed by atoms with Gasteiger partial charge in [0, 0.05) is 18.1 Å². The first-order valence-electron chi connectivity index (χ1n) is 6.45. The Kier molecular flexibility index (Phi) is 4.87. The smallest absolute Gasteiger partial charge is 0.119 e. The largest absolute Gasteiger partial charge is 0.508 e. The van der Waals surface area contributed by atoms with Gasteiger partial charge < -0.3 is 9.84 Å². The Balaban J connectivity index is 1.84. The number of morpholine rings is 1. The number of ether oxygens (including phenoxy) is 1. The van der Waals surface area contributed by atoms with Gasteiger partial charge in [0.2, 0.25) is 0 Å². The van der Waals surface area contributed by atoms with Crippen LogP contribution in [0, 0.1) is 6.92 Å². The van der Waals surface area contributed by atoms with E-state index in [2.05, 4.69) is 4.90 Å². The van der Waals surface area contributed by atoms with Crippen LogP contribution in [0.4, 0.5) is 0 Å². The molecule has 0 spiro atoms. The summed E-state index contributed by atoms with van der Waals surface area (Å²) in [5, 5.41) is 10.6. The second kappa shape index (κ2) is 6.41. The predicted molar refractivity (Wildman–Crippen MR) is 73.4 cm³/mol. The van der Waals surface area contributed by atoms with E-state index in [9.17, 15) is 5.11 Å². The Morgan fingerprint density at radius 1 is 1.33 bits per heavy atom. The first-order valence-corrected chi connectivity index (χ1v) is 6.82. The molecule has 1 aliphatic rings. The second-order valence-corrected chi connectivity index (χ2v) is 5.19. The van der Waals surface area contributed by atoms with Crippen LogP contribution >= 0.6 is 11.6 Å². The molecule has 0 unspecified atom stereocenters. The van der Waals surface area contributed by atoms with Gasteiger partial charge in [0.1, 0.15) is 5.75 Å². The van der Waals surface area contributed by atoms with Crippen LogP contribution < -0.4 is 0 Å². The third-order valence-electron chi connectivity index (χ3n) is 3.38. The molecular formula is C14H20ClNO2. The van der Waals surface area contributed by atoms with Crippen LogP contribution in [-0.2, 0) is 11.2 Å². The molecule has 1 aromatic carbocycles. The first kappa shape index (κ1) is 13.7. The number of phenols is 1. The van der Waals surface area contributed by atoms with Crippen molar-refractivity contribution in [3.05, 3.63) is 28.3 Å². The summed E-state index contributed by atoms with van der Waals surface area (Å²) in [6, 6.07) is 3.62. The molecule has 1 N–H and O–H groups in total. The fraction of sp³-hybridized carbons (Fsp3) is 0.571. The van der Waals surface area contributed by atoms with Crippen LogP contribution in [0.2, 0.25) is 5.02 Å². The average Bonchev–Trinajstić information content (AvgIpc) is 2.37. The molecule has 18 heavy (non-hydrogen) atoms. The molecule has 0 radical (unpaired) electrons. The topological polar surface area (TPSA) is 32.7 Å². The third-order valence-corrected chi connectivity index (χ3v) is 3.79. The van der Waals surface area contributed by atoms with Crippen LogP contribution in [0.1, 0.15) is 17.5 Å². The lowest BCUT2D eigenvalue weighted by Crippen LogP contribution is -2.36. The maximum atomic E-state index is 9.86. The van der Waals surface area contributed by atoms with Gasteiger partial charge in [-0.1, -0.05) is 11.6 Å². The maximum Gasteiger partial charge on any atom is 0.119 e. The van der Waals surface area contributed by atoms with Gasteiger partial charge in [-0.2, -0.15) is 0 Å². The number of aromatic hydroxyl groups is 1. The first-order chi connectivity index (χ1) is 8.66. The van der Waals surface area contributed by atoms with E-state index in [1.54, 1.807) is 6.07 Å². The van der Waals surface area contributed by atoms with E-state index in [1.165, 1.54) is 0 Å². The van der Waals surface area contributed by atoms with Gasteiger partial charge in [0.05, 0.1) is 13.2 Å². The minimum atomic E-state index is 0.360. The summed E-state index contributed by atoms with van der Waals surface area (Å²) in [5.74, 6) is 0.360. The van der Waals surface area contributed by atoms with E-state index in [0.29, 0.717) is 5.75 Å². The van der Waals surface area contributed by atoms with E-state index >= 15 is 0 Å². The van der Waals surface area contributed by atoms with Crippen LogP contribution in [-0.4, -0.2) is 42.9 Å². The van der Waals surface area contributed by atoms with Crippen LogP contribution in [0.25, 0.3) is 0 Å². The van der Waals surface area contributed by atoms with Crippen LogP contribution in [0.3, 0.4) is 0 Å². The van der Waals surface area contributed by atoms with Gasteiger partial charge in [0.15, 0.2) is 0 Å². The molecule has 1 aromatic rings. The summed E-state index contributed by atoms with van der Waals surface area (Å²) in [5.41, 5.74) is 1.87. The van der Waals surface area contributed by atoms with Crippen molar-refractivity contribution < 1.29 is 9.84 Å². The van der Waals surface area contributed by atoms with E-state index in [0.717, 1.165) is 61.8 Å². The van der Waals surface area contributed by atoms with Gasteiger partial charge in [-0.15, -0.1) is 0 Å². The Hall–Kier alpha value is -0.770. The molecule has 100 valence electrons. The molecule has 0 amide bonds. The Morgan fingerprint density at radius 3 is 2.78 bits per heavy atom. The average molecular weight is 270 g/mol. The minimum absolute atomic E-state index is 0.360. The zero-order valence-electron chi connectivity index (χ0n) is 10.8. The number of benzene rings is 1. The lowest BCUT2D eigenvalue weighted by molar-refractivity contribution is 0.0374. The fourth-order valence-corrected chi connectivity index (χ4v) is 2.41. The van der Waals surface area contributed by atoms with E-state index in [1.807, 2.05) is 13.0 Å². The number of aryl methyl sites for hydroxylation is 2. The monoisotopic (exact) mass is 269 g/mol. The molecule has 2 rings (SSSR count). The highest BCUT2D eigenvalue weighted by Gasteiger charge is 2.10. The lowest BCUT2D eigenvalue weighted by atomic mass is 10.1. The Morgan fingerprint density at radius 2 is 2.06 bits per heavy atom. The van der Waals surface area contributed by atoms with Crippen LogP contribution in [0.5, 0.6) is 5.75 Å². The standard InChI is InChI=1S/C14H20ClNO2/c1-11-9-14(17)12(10-13(11)15)3-2-4-16-5-7-18-8-6-16/h9-10,17H,2-8H2,1H3. The number of hydrogen-bond donors (Lipinski definition) is 1. The summed E-state index contributed by atoms with van der Waals surface area (Å²) >= 11 is 6.08. The Bertz CT molecular complexity index is 403. The van der Waals surface area contributed by atoms with Crippen LogP contribution in [0.15, 0.2) is 12.1 Å². The quantitative estimate of drug-likeness (QED) is 0.912. The molecule has 0 saturated carbocycles. The summed E-state index contributed by atoms with van der Waals surface area (Å²) < 4.78 is 5.31. The molecule has 0 atom stereocenters. The zero-order chi connectivity index (χ0) is 13.0. The Labute approximate surface area is 113 Å². The van der Waals surface area contributed by atoms with Crippen molar-refractivity contribution >= 4 is 11.6 Å². The summed E-state index contributed by atoms with van der Waals surface area (Å²) in [7, 11) is 0. The molecule has 0 aliphatic carbocycles. The van der Waals surface area contributed by atoms with Crippen molar-refractivity contribution in [1.29, 1.82) is 0 Å². The highest BCUT2D eigenvalue weighted by atomic mass is 35.5. The maximum absolute atomic E-state index is 9.86.